The van der Waals surface area contributed by atoms with Gasteiger partial charge in [0.2, 0.25) is 0 Å². The standard InChI is InChI=1S/C9H17N3O2/c1-9(2)13-7-8(14-9)5-3-4-6-11-12-10/h8H,3-7H2,1-2H3/t8-/m1/s1. The van der Waals surface area contributed by atoms with Crippen molar-refractivity contribution in [3.63, 3.8) is 0 Å². The lowest BCUT2D eigenvalue weighted by Crippen LogP contribution is -2.21. The Morgan fingerprint density at radius 3 is 2.86 bits per heavy atom. The Balaban J connectivity index is 2.06. The van der Waals surface area contributed by atoms with E-state index >= 15 is 0 Å². The van der Waals surface area contributed by atoms with Crippen LogP contribution < -0.4 is 0 Å². The molecular formula is C9H17N3O2. The van der Waals surface area contributed by atoms with Crippen molar-refractivity contribution in [3.8, 4) is 0 Å². The third-order valence-corrected chi connectivity index (χ3v) is 2.16. The van der Waals surface area contributed by atoms with E-state index in [2.05, 4.69) is 10.0 Å². The Bertz CT molecular complexity index is 224. The van der Waals surface area contributed by atoms with E-state index in [-0.39, 0.29) is 6.10 Å². The van der Waals surface area contributed by atoms with Crippen LogP contribution in [0.2, 0.25) is 0 Å². The highest BCUT2D eigenvalue weighted by Crippen LogP contribution is 2.24. The molecule has 80 valence electrons. The van der Waals surface area contributed by atoms with E-state index < -0.39 is 5.79 Å². The molecule has 0 amide bonds. The summed E-state index contributed by atoms with van der Waals surface area (Å²) in [6.45, 7) is 5.10. The van der Waals surface area contributed by atoms with Gasteiger partial charge in [-0.3, -0.25) is 0 Å². The van der Waals surface area contributed by atoms with Gasteiger partial charge in [-0.1, -0.05) is 11.5 Å². The SMILES string of the molecule is CC1(C)OC[C@@H](CCCCN=[N+]=[N-])O1. The minimum Gasteiger partial charge on any atom is -0.348 e. The summed E-state index contributed by atoms with van der Waals surface area (Å²) in [5.74, 6) is -0.421. The summed E-state index contributed by atoms with van der Waals surface area (Å²) in [5, 5.41) is 3.47. The number of hydrogen-bond donors (Lipinski definition) is 0. The van der Waals surface area contributed by atoms with Crippen molar-refractivity contribution < 1.29 is 9.47 Å². The molecule has 0 spiro atoms. The first-order valence-electron chi connectivity index (χ1n) is 4.97. The molecule has 1 aliphatic heterocycles. The number of unbranched alkanes of at least 4 members (excludes halogenated alkanes) is 1. The van der Waals surface area contributed by atoms with Gasteiger partial charge >= 0.3 is 0 Å². The van der Waals surface area contributed by atoms with Crippen LogP contribution in [0.5, 0.6) is 0 Å². The third kappa shape index (κ3) is 3.96. The van der Waals surface area contributed by atoms with Crippen LogP contribution in [0.3, 0.4) is 0 Å². The van der Waals surface area contributed by atoms with Gasteiger partial charge in [-0.15, -0.1) is 0 Å². The van der Waals surface area contributed by atoms with Crippen molar-refractivity contribution in [3.05, 3.63) is 10.4 Å². The summed E-state index contributed by atoms with van der Waals surface area (Å²) in [6.07, 6.45) is 3.12. The Morgan fingerprint density at radius 1 is 1.50 bits per heavy atom. The highest BCUT2D eigenvalue weighted by atomic mass is 16.7. The second-order valence-corrected chi connectivity index (χ2v) is 3.90. The Morgan fingerprint density at radius 2 is 2.29 bits per heavy atom. The lowest BCUT2D eigenvalue weighted by atomic mass is 10.1. The first-order valence-corrected chi connectivity index (χ1v) is 4.97. The molecule has 0 aromatic rings. The monoisotopic (exact) mass is 199 g/mol. The quantitative estimate of drug-likeness (QED) is 0.295. The van der Waals surface area contributed by atoms with E-state index in [4.69, 9.17) is 15.0 Å². The molecule has 0 bridgehead atoms. The van der Waals surface area contributed by atoms with Gasteiger partial charge in [0, 0.05) is 11.5 Å². The van der Waals surface area contributed by atoms with Crippen molar-refractivity contribution in [1.29, 1.82) is 0 Å². The van der Waals surface area contributed by atoms with Crippen LogP contribution in [-0.2, 0) is 9.47 Å². The van der Waals surface area contributed by atoms with Crippen LogP contribution in [0, 0.1) is 0 Å². The van der Waals surface area contributed by atoms with Gasteiger partial charge in [0.05, 0.1) is 12.7 Å². The fourth-order valence-corrected chi connectivity index (χ4v) is 1.50. The number of azide groups is 1. The van der Waals surface area contributed by atoms with Crippen molar-refractivity contribution in [2.75, 3.05) is 13.2 Å². The van der Waals surface area contributed by atoms with Crippen LogP contribution in [0.4, 0.5) is 0 Å². The molecular weight excluding hydrogens is 182 g/mol. The molecule has 1 saturated heterocycles. The molecule has 5 nitrogen and oxygen atoms in total. The lowest BCUT2D eigenvalue weighted by molar-refractivity contribution is -0.139. The first kappa shape index (κ1) is 11.3. The largest absolute Gasteiger partial charge is 0.348 e. The summed E-state index contributed by atoms with van der Waals surface area (Å²) in [6, 6.07) is 0. The van der Waals surface area contributed by atoms with Crippen LogP contribution in [0.15, 0.2) is 5.11 Å². The van der Waals surface area contributed by atoms with Crippen LogP contribution in [0.25, 0.3) is 10.4 Å². The Kier molecular flexibility index (Phi) is 4.20. The summed E-state index contributed by atoms with van der Waals surface area (Å²) >= 11 is 0. The maximum absolute atomic E-state index is 8.06. The zero-order valence-electron chi connectivity index (χ0n) is 8.77. The van der Waals surface area contributed by atoms with Gasteiger partial charge in [-0.2, -0.15) is 0 Å². The first-order chi connectivity index (χ1) is 6.64. The zero-order valence-corrected chi connectivity index (χ0v) is 8.77. The van der Waals surface area contributed by atoms with E-state index in [1.807, 2.05) is 13.8 Å². The topological polar surface area (TPSA) is 67.2 Å². The molecule has 0 saturated carbocycles. The fraction of sp³-hybridized carbons (Fsp3) is 1.00. The molecule has 0 aromatic heterocycles. The third-order valence-electron chi connectivity index (χ3n) is 2.16. The zero-order chi connectivity index (χ0) is 10.4. The molecule has 0 N–H and O–H groups in total. The number of nitrogens with zero attached hydrogens (tertiary/aromatic N) is 3. The fourth-order valence-electron chi connectivity index (χ4n) is 1.50. The van der Waals surface area contributed by atoms with Gasteiger partial charge < -0.3 is 9.47 Å². The summed E-state index contributed by atoms with van der Waals surface area (Å²) < 4.78 is 11.1. The van der Waals surface area contributed by atoms with Gasteiger partial charge in [0.25, 0.3) is 0 Å². The van der Waals surface area contributed by atoms with Gasteiger partial charge in [-0.25, -0.2) is 0 Å². The van der Waals surface area contributed by atoms with E-state index in [1.165, 1.54) is 0 Å². The molecule has 0 radical (unpaired) electrons. The molecule has 0 aliphatic carbocycles. The molecule has 1 heterocycles. The minimum atomic E-state index is -0.421. The van der Waals surface area contributed by atoms with Gasteiger partial charge in [0.15, 0.2) is 5.79 Å². The predicted octanol–water partition coefficient (Wildman–Crippen LogP) is 2.62. The number of ether oxygens (including phenoxy) is 2. The van der Waals surface area contributed by atoms with Crippen LogP contribution in [-0.4, -0.2) is 25.0 Å². The van der Waals surface area contributed by atoms with Crippen molar-refractivity contribution in [2.24, 2.45) is 5.11 Å². The van der Waals surface area contributed by atoms with E-state index in [0.717, 1.165) is 19.3 Å². The highest BCUT2D eigenvalue weighted by molar-refractivity contribution is 4.70. The van der Waals surface area contributed by atoms with Crippen molar-refractivity contribution in [2.45, 2.75) is 45.0 Å². The van der Waals surface area contributed by atoms with E-state index in [0.29, 0.717) is 13.2 Å². The summed E-state index contributed by atoms with van der Waals surface area (Å²) in [4.78, 5) is 2.70. The molecule has 1 aliphatic rings. The highest BCUT2D eigenvalue weighted by Gasteiger charge is 2.31. The van der Waals surface area contributed by atoms with Crippen LogP contribution in [0.1, 0.15) is 33.1 Å². The Labute approximate surface area is 84.0 Å². The second kappa shape index (κ2) is 5.20. The normalized spacial score (nSPS) is 24.6. The molecule has 14 heavy (non-hydrogen) atoms. The second-order valence-electron chi connectivity index (χ2n) is 3.90. The van der Waals surface area contributed by atoms with Crippen molar-refractivity contribution in [1.82, 2.24) is 0 Å². The number of hydrogen-bond acceptors (Lipinski definition) is 3. The lowest BCUT2D eigenvalue weighted by Gasteiger charge is -2.16. The van der Waals surface area contributed by atoms with Crippen LogP contribution >= 0.6 is 0 Å². The van der Waals surface area contributed by atoms with Gasteiger partial charge in [-0.05, 0) is 32.2 Å². The average molecular weight is 199 g/mol. The number of rotatable bonds is 5. The van der Waals surface area contributed by atoms with E-state index in [9.17, 15) is 0 Å². The summed E-state index contributed by atoms with van der Waals surface area (Å²) in [7, 11) is 0. The molecule has 0 unspecified atom stereocenters. The molecule has 0 aromatic carbocycles. The summed E-state index contributed by atoms with van der Waals surface area (Å²) in [5.41, 5.74) is 8.06. The van der Waals surface area contributed by atoms with Gasteiger partial charge in [0.1, 0.15) is 0 Å². The smallest absolute Gasteiger partial charge is 0.163 e. The average Bonchev–Trinajstić information content (AvgIpc) is 2.45. The predicted molar refractivity (Wildman–Crippen MR) is 52.8 cm³/mol. The molecule has 5 heteroatoms. The molecule has 1 atom stereocenters. The minimum absolute atomic E-state index is 0.205. The molecule has 1 rings (SSSR count). The maximum atomic E-state index is 8.06. The van der Waals surface area contributed by atoms with E-state index in [1.54, 1.807) is 0 Å². The molecule has 1 fully saturated rings. The Hall–Kier alpha value is -0.770. The van der Waals surface area contributed by atoms with Crippen molar-refractivity contribution >= 4 is 0 Å². The maximum Gasteiger partial charge on any atom is 0.163 e.